The summed E-state index contributed by atoms with van der Waals surface area (Å²) in [5, 5.41) is 2.87. The molecule has 0 saturated carbocycles. The summed E-state index contributed by atoms with van der Waals surface area (Å²) in [4.78, 5) is 31.4. The highest BCUT2D eigenvalue weighted by molar-refractivity contribution is 5.88. The highest BCUT2D eigenvalue weighted by atomic mass is 16.5. The third kappa shape index (κ3) is 2.82. The molecule has 2 fully saturated rings. The average Bonchev–Trinajstić information content (AvgIpc) is 2.88. The molecule has 112 valence electrons. The second-order valence-corrected chi connectivity index (χ2v) is 5.30. The van der Waals surface area contributed by atoms with Gasteiger partial charge in [0.15, 0.2) is 0 Å². The number of pyridine rings is 1. The molecule has 21 heavy (non-hydrogen) atoms. The zero-order valence-electron chi connectivity index (χ0n) is 11.9. The highest BCUT2D eigenvalue weighted by Crippen LogP contribution is 2.16. The Hall–Kier alpha value is -2.15. The number of hydrogen-bond acceptors (Lipinski definition) is 5. The Bertz CT molecular complexity index is 546. The molecular weight excluding hydrogens is 272 g/mol. The fraction of sp³-hybridized carbons (Fsp3) is 0.500. The third-order valence-corrected chi connectivity index (χ3v) is 3.95. The number of hydrogen-bond donors (Lipinski definition) is 1. The monoisotopic (exact) mass is 290 g/mol. The molecule has 7 heteroatoms. The highest BCUT2D eigenvalue weighted by Gasteiger charge is 2.35. The second-order valence-electron chi connectivity index (χ2n) is 5.30. The Morgan fingerprint density at radius 3 is 3.05 bits per heavy atom. The van der Waals surface area contributed by atoms with Crippen LogP contribution in [0.15, 0.2) is 18.3 Å². The van der Waals surface area contributed by atoms with Crippen LogP contribution >= 0.6 is 0 Å². The number of aromatic nitrogens is 1. The van der Waals surface area contributed by atoms with E-state index in [0.717, 1.165) is 31.9 Å². The molecule has 2 aliphatic rings. The third-order valence-electron chi connectivity index (χ3n) is 3.95. The van der Waals surface area contributed by atoms with Crippen LogP contribution in [0.3, 0.4) is 0 Å². The van der Waals surface area contributed by atoms with E-state index in [1.165, 1.54) is 13.3 Å². The van der Waals surface area contributed by atoms with Crippen molar-refractivity contribution in [1.82, 2.24) is 20.1 Å². The van der Waals surface area contributed by atoms with Crippen molar-refractivity contribution in [3.63, 3.8) is 0 Å². The molecular formula is C14H18N4O3. The number of fused-ring (bicyclic) bond motifs is 1. The van der Waals surface area contributed by atoms with E-state index < -0.39 is 0 Å². The van der Waals surface area contributed by atoms with Gasteiger partial charge in [0.1, 0.15) is 0 Å². The Balaban J connectivity index is 1.60. The molecule has 1 aromatic rings. The fourth-order valence-corrected chi connectivity index (χ4v) is 2.80. The van der Waals surface area contributed by atoms with Gasteiger partial charge >= 0.3 is 12.0 Å². The maximum Gasteiger partial charge on any atom is 0.339 e. The van der Waals surface area contributed by atoms with Crippen LogP contribution in [0.25, 0.3) is 0 Å². The normalized spacial score (nSPS) is 21.9. The zero-order valence-corrected chi connectivity index (χ0v) is 11.9. The van der Waals surface area contributed by atoms with Crippen LogP contribution in [0.4, 0.5) is 4.79 Å². The molecule has 3 rings (SSSR count). The van der Waals surface area contributed by atoms with E-state index in [9.17, 15) is 9.59 Å². The van der Waals surface area contributed by atoms with Crippen LogP contribution in [0.2, 0.25) is 0 Å². The second kappa shape index (κ2) is 5.69. The van der Waals surface area contributed by atoms with Gasteiger partial charge in [-0.05, 0) is 12.1 Å². The Morgan fingerprint density at radius 1 is 1.48 bits per heavy atom. The first-order valence-electron chi connectivity index (χ1n) is 6.97. The van der Waals surface area contributed by atoms with Gasteiger partial charge < -0.3 is 15.0 Å². The van der Waals surface area contributed by atoms with Gasteiger partial charge in [0.2, 0.25) is 0 Å². The van der Waals surface area contributed by atoms with Gasteiger partial charge in [-0.15, -0.1) is 0 Å². The van der Waals surface area contributed by atoms with E-state index in [1.54, 1.807) is 6.07 Å². The van der Waals surface area contributed by atoms with Crippen molar-refractivity contribution >= 4 is 12.0 Å². The molecule has 2 amide bonds. The minimum atomic E-state index is -0.377. The van der Waals surface area contributed by atoms with E-state index in [-0.39, 0.29) is 18.0 Å². The van der Waals surface area contributed by atoms with Crippen molar-refractivity contribution in [2.45, 2.75) is 12.6 Å². The molecule has 0 aromatic carbocycles. The van der Waals surface area contributed by atoms with Crippen LogP contribution in [0.5, 0.6) is 0 Å². The molecule has 0 aliphatic carbocycles. The summed E-state index contributed by atoms with van der Waals surface area (Å²) < 4.78 is 4.65. The van der Waals surface area contributed by atoms with Gasteiger partial charge in [0.05, 0.1) is 24.4 Å². The molecule has 1 unspecified atom stereocenters. The summed E-state index contributed by atoms with van der Waals surface area (Å²) in [7, 11) is 1.35. The number of carbonyl (C=O) groups excluding carboxylic acids is 2. The minimum Gasteiger partial charge on any atom is -0.465 e. The van der Waals surface area contributed by atoms with Gasteiger partial charge in [-0.25, -0.2) is 9.59 Å². The van der Waals surface area contributed by atoms with Crippen molar-refractivity contribution in [3.05, 3.63) is 29.6 Å². The number of methoxy groups -OCH3 is 1. The van der Waals surface area contributed by atoms with E-state index in [1.807, 2.05) is 11.0 Å². The summed E-state index contributed by atoms with van der Waals surface area (Å²) in [5.41, 5.74) is 1.37. The van der Waals surface area contributed by atoms with Crippen LogP contribution in [-0.4, -0.2) is 66.1 Å². The molecule has 3 heterocycles. The molecule has 2 saturated heterocycles. The van der Waals surface area contributed by atoms with Gasteiger partial charge in [-0.2, -0.15) is 0 Å². The molecule has 0 spiro atoms. The van der Waals surface area contributed by atoms with Crippen molar-refractivity contribution < 1.29 is 14.3 Å². The summed E-state index contributed by atoms with van der Waals surface area (Å²) in [6.45, 7) is 3.87. The van der Waals surface area contributed by atoms with Crippen LogP contribution < -0.4 is 5.32 Å². The molecule has 0 radical (unpaired) electrons. The van der Waals surface area contributed by atoms with Crippen molar-refractivity contribution in [2.75, 3.05) is 33.3 Å². The first-order chi connectivity index (χ1) is 10.2. The first-order valence-corrected chi connectivity index (χ1v) is 6.97. The van der Waals surface area contributed by atoms with E-state index in [2.05, 4.69) is 19.9 Å². The predicted octanol–water partition coefficient (Wildman–Crippen LogP) is 0.0776. The van der Waals surface area contributed by atoms with E-state index in [4.69, 9.17) is 0 Å². The topological polar surface area (TPSA) is 74.8 Å². The predicted molar refractivity (Wildman–Crippen MR) is 74.7 cm³/mol. The van der Waals surface area contributed by atoms with Gasteiger partial charge in [-0.3, -0.25) is 9.88 Å². The summed E-state index contributed by atoms with van der Waals surface area (Å²) in [6.07, 6.45) is 1.54. The molecule has 7 nitrogen and oxygen atoms in total. The summed E-state index contributed by atoms with van der Waals surface area (Å²) >= 11 is 0. The SMILES string of the molecule is COC(=O)c1ccc(CN2CCN3C(=O)NCC3C2)nc1. The number of piperazine rings is 1. The van der Waals surface area contributed by atoms with Gasteiger partial charge in [0.25, 0.3) is 0 Å². The number of nitrogens with one attached hydrogen (secondary N) is 1. The van der Waals surface area contributed by atoms with E-state index >= 15 is 0 Å². The number of ether oxygens (including phenoxy) is 1. The Labute approximate surface area is 122 Å². The fourth-order valence-electron chi connectivity index (χ4n) is 2.80. The largest absolute Gasteiger partial charge is 0.465 e. The van der Waals surface area contributed by atoms with Crippen LogP contribution in [0.1, 0.15) is 16.1 Å². The molecule has 1 atom stereocenters. The maximum atomic E-state index is 11.5. The van der Waals surface area contributed by atoms with Crippen molar-refractivity contribution in [1.29, 1.82) is 0 Å². The van der Waals surface area contributed by atoms with Gasteiger partial charge in [-0.1, -0.05) is 0 Å². The number of rotatable bonds is 3. The molecule has 2 aliphatic heterocycles. The lowest BCUT2D eigenvalue weighted by Crippen LogP contribution is -2.51. The van der Waals surface area contributed by atoms with Crippen molar-refractivity contribution in [2.24, 2.45) is 0 Å². The van der Waals surface area contributed by atoms with E-state index in [0.29, 0.717) is 12.1 Å². The van der Waals surface area contributed by atoms with Crippen molar-refractivity contribution in [3.8, 4) is 0 Å². The lowest BCUT2D eigenvalue weighted by molar-refractivity contribution is 0.0600. The smallest absolute Gasteiger partial charge is 0.339 e. The lowest BCUT2D eigenvalue weighted by Gasteiger charge is -2.36. The summed E-state index contributed by atoms with van der Waals surface area (Å²) in [6, 6.07) is 3.86. The lowest BCUT2D eigenvalue weighted by atomic mass is 10.2. The summed E-state index contributed by atoms with van der Waals surface area (Å²) in [5.74, 6) is -0.377. The van der Waals surface area contributed by atoms with Crippen LogP contribution in [-0.2, 0) is 11.3 Å². The first kappa shape index (κ1) is 13.8. The quantitative estimate of drug-likeness (QED) is 0.798. The van der Waals surface area contributed by atoms with Gasteiger partial charge in [0, 0.05) is 38.9 Å². The number of nitrogens with zero attached hydrogens (tertiary/aromatic N) is 3. The minimum absolute atomic E-state index is 0.0419. The Morgan fingerprint density at radius 2 is 2.33 bits per heavy atom. The molecule has 1 N–H and O–H groups in total. The average molecular weight is 290 g/mol. The maximum absolute atomic E-state index is 11.5. The molecule has 1 aromatic heterocycles. The number of esters is 1. The number of amides is 2. The standard InChI is InChI=1S/C14H18N4O3/c1-21-13(19)10-2-3-11(15-6-10)8-17-4-5-18-12(9-17)7-16-14(18)20/h2-3,6,12H,4-5,7-9H2,1H3,(H,16,20). The molecule has 0 bridgehead atoms. The van der Waals surface area contributed by atoms with Crippen LogP contribution in [0, 0.1) is 0 Å². The number of carbonyl (C=O) groups is 2. The Kier molecular flexibility index (Phi) is 3.74. The number of urea groups is 1. The zero-order chi connectivity index (χ0) is 14.8.